The highest BCUT2D eigenvalue weighted by molar-refractivity contribution is 6.11. The number of piperidine rings is 1. The number of hydrogen-bond acceptors (Lipinski definition) is 4. The van der Waals surface area contributed by atoms with E-state index in [1.165, 1.54) is 0 Å². The summed E-state index contributed by atoms with van der Waals surface area (Å²) in [4.78, 5) is 26.5. The molecule has 0 atom stereocenters. The molecule has 2 aliphatic heterocycles. The molecule has 1 saturated heterocycles. The molecular formula is C20H21NO4. The molecule has 5 nitrogen and oxygen atoms in total. The lowest BCUT2D eigenvalue weighted by atomic mass is 9.81. The van der Waals surface area contributed by atoms with Crippen molar-refractivity contribution in [3.8, 4) is 5.75 Å². The molecule has 0 bridgehead atoms. The van der Waals surface area contributed by atoms with Crippen molar-refractivity contribution in [3.05, 3.63) is 42.0 Å². The minimum atomic E-state index is -0.504. The van der Waals surface area contributed by atoms with Crippen LogP contribution in [0, 0.1) is 0 Å². The third-order valence-corrected chi connectivity index (χ3v) is 5.18. The standard InChI is InChI=1S/C20H21NO4/c1-2-24-19(23)21-11-9-20(10-12-21)13-16(22)18-15-6-4-3-5-14(15)7-8-17(18)25-20/h3-8H,2,9-13H2,1H3. The number of carbonyl (C=O) groups excluding carboxylic acids is 2. The summed E-state index contributed by atoms with van der Waals surface area (Å²) in [6, 6.07) is 11.8. The molecule has 130 valence electrons. The number of ketones is 1. The molecule has 0 radical (unpaired) electrons. The lowest BCUT2D eigenvalue weighted by molar-refractivity contribution is -0.00834. The van der Waals surface area contributed by atoms with Crippen molar-refractivity contribution in [1.82, 2.24) is 4.90 Å². The van der Waals surface area contributed by atoms with Gasteiger partial charge >= 0.3 is 6.09 Å². The van der Waals surface area contributed by atoms with Gasteiger partial charge in [-0.05, 0) is 23.8 Å². The lowest BCUT2D eigenvalue weighted by Crippen LogP contribution is -2.52. The fraction of sp³-hybridized carbons (Fsp3) is 0.400. The van der Waals surface area contributed by atoms with Crippen molar-refractivity contribution >= 4 is 22.6 Å². The third kappa shape index (κ3) is 2.73. The van der Waals surface area contributed by atoms with Crippen molar-refractivity contribution in [2.45, 2.75) is 31.8 Å². The van der Waals surface area contributed by atoms with Gasteiger partial charge in [0.15, 0.2) is 5.78 Å². The van der Waals surface area contributed by atoms with Gasteiger partial charge in [-0.3, -0.25) is 4.79 Å². The van der Waals surface area contributed by atoms with E-state index in [9.17, 15) is 9.59 Å². The number of ether oxygens (including phenoxy) is 2. The first-order valence-electron chi connectivity index (χ1n) is 8.77. The van der Waals surface area contributed by atoms with Crippen LogP contribution in [0.15, 0.2) is 36.4 Å². The van der Waals surface area contributed by atoms with Gasteiger partial charge in [-0.1, -0.05) is 30.3 Å². The maximum Gasteiger partial charge on any atom is 0.409 e. The van der Waals surface area contributed by atoms with Crippen LogP contribution in [-0.4, -0.2) is 42.1 Å². The molecule has 1 spiro atoms. The fourth-order valence-electron chi connectivity index (χ4n) is 3.86. The van der Waals surface area contributed by atoms with Gasteiger partial charge in [0, 0.05) is 25.9 Å². The molecule has 1 fully saturated rings. The molecular weight excluding hydrogens is 318 g/mol. The molecule has 0 aromatic heterocycles. The van der Waals surface area contributed by atoms with E-state index in [1.807, 2.05) is 36.4 Å². The van der Waals surface area contributed by atoms with Crippen LogP contribution in [0.25, 0.3) is 10.8 Å². The highest BCUT2D eigenvalue weighted by Crippen LogP contribution is 2.42. The number of amides is 1. The van der Waals surface area contributed by atoms with E-state index in [2.05, 4.69) is 0 Å². The van der Waals surface area contributed by atoms with Gasteiger partial charge in [-0.2, -0.15) is 0 Å². The molecule has 0 saturated carbocycles. The second-order valence-electron chi connectivity index (χ2n) is 6.73. The summed E-state index contributed by atoms with van der Waals surface area (Å²) < 4.78 is 11.4. The molecule has 0 N–H and O–H groups in total. The third-order valence-electron chi connectivity index (χ3n) is 5.18. The number of hydrogen-bond donors (Lipinski definition) is 0. The van der Waals surface area contributed by atoms with Crippen LogP contribution in [0.1, 0.15) is 36.5 Å². The van der Waals surface area contributed by atoms with Crippen molar-refractivity contribution in [1.29, 1.82) is 0 Å². The topological polar surface area (TPSA) is 55.8 Å². The Labute approximate surface area is 146 Å². The Morgan fingerprint density at radius 2 is 1.96 bits per heavy atom. The number of likely N-dealkylation sites (tertiary alicyclic amines) is 1. The zero-order valence-corrected chi connectivity index (χ0v) is 14.3. The lowest BCUT2D eigenvalue weighted by Gasteiger charge is -2.43. The van der Waals surface area contributed by atoms with Crippen LogP contribution < -0.4 is 4.74 Å². The van der Waals surface area contributed by atoms with Gasteiger partial charge in [0.2, 0.25) is 0 Å². The van der Waals surface area contributed by atoms with Gasteiger partial charge in [-0.15, -0.1) is 0 Å². The Kier molecular flexibility index (Phi) is 3.86. The van der Waals surface area contributed by atoms with Crippen molar-refractivity contribution in [3.63, 3.8) is 0 Å². The Morgan fingerprint density at radius 1 is 1.20 bits per heavy atom. The minimum absolute atomic E-state index is 0.127. The van der Waals surface area contributed by atoms with Gasteiger partial charge in [0.05, 0.1) is 18.6 Å². The van der Waals surface area contributed by atoms with E-state index in [1.54, 1.807) is 11.8 Å². The van der Waals surface area contributed by atoms with Crippen LogP contribution >= 0.6 is 0 Å². The Bertz CT molecular complexity index is 837. The number of Topliss-reactive ketones (excluding diaryl/α,β-unsaturated/α-hetero) is 1. The molecule has 2 aromatic carbocycles. The molecule has 25 heavy (non-hydrogen) atoms. The van der Waals surface area contributed by atoms with E-state index in [0.717, 1.165) is 10.8 Å². The van der Waals surface area contributed by atoms with Crippen molar-refractivity contribution < 1.29 is 19.1 Å². The molecule has 0 unspecified atom stereocenters. The summed E-state index contributed by atoms with van der Waals surface area (Å²) in [7, 11) is 0. The first-order chi connectivity index (χ1) is 12.1. The summed E-state index contributed by atoms with van der Waals surface area (Å²) in [5.74, 6) is 0.794. The van der Waals surface area contributed by atoms with E-state index >= 15 is 0 Å². The maximum absolute atomic E-state index is 12.9. The highest BCUT2D eigenvalue weighted by atomic mass is 16.6. The quantitative estimate of drug-likeness (QED) is 0.793. The van der Waals surface area contributed by atoms with E-state index < -0.39 is 5.60 Å². The average molecular weight is 339 g/mol. The Morgan fingerprint density at radius 3 is 2.72 bits per heavy atom. The van der Waals surface area contributed by atoms with Crippen molar-refractivity contribution in [2.75, 3.05) is 19.7 Å². The summed E-state index contributed by atoms with van der Waals surface area (Å²) in [5, 5.41) is 2.00. The first-order valence-corrected chi connectivity index (χ1v) is 8.77. The van der Waals surface area contributed by atoms with Crippen LogP contribution in [0.4, 0.5) is 4.79 Å². The smallest absolute Gasteiger partial charge is 0.409 e. The van der Waals surface area contributed by atoms with Gasteiger partial charge in [0.25, 0.3) is 0 Å². The second kappa shape index (κ2) is 6.06. The molecule has 2 aliphatic rings. The summed E-state index contributed by atoms with van der Waals surface area (Å²) in [6.45, 7) is 3.27. The maximum atomic E-state index is 12.9. The van der Waals surface area contributed by atoms with Crippen molar-refractivity contribution in [2.24, 2.45) is 0 Å². The number of fused-ring (bicyclic) bond motifs is 3. The monoisotopic (exact) mass is 339 g/mol. The van der Waals surface area contributed by atoms with Gasteiger partial charge < -0.3 is 14.4 Å². The van der Waals surface area contributed by atoms with E-state index in [-0.39, 0.29) is 11.9 Å². The van der Waals surface area contributed by atoms with Crippen LogP contribution in [0.5, 0.6) is 5.75 Å². The number of nitrogens with zero attached hydrogens (tertiary/aromatic N) is 1. The number of carbonyl (C=O) groups is 2. The summed E-state index contributed by atoms with van der Waals surface area (Å²) in [5.41, 5.74) is 0.187. The van der Waals surface area contributed by atoms with Crippen LogP contribution in [0.3, 0.4) is 0 Å². The molecule has 0 aliphatic carbocycles. The largest absolute Gasteiger partial charge is 0.486 e. The SMILES string of the molecule is CCOC(=O)N1CCC2(CC1)CC(=O)c1c(ccc3ccccc13)O2. The molecule has 1 amide bonds. The predicted molar refractivity (Wildman–Crippen MR) is 94.1 cm³/mol. The fourth-order valence-corrected chi connectivity index (χ4v) is 3.86. The molecule has 2 aromatic rings. The minimum Gasteiger partial charge on any atom is -0.486 e. The first kappa shape index (κ1) is 15.9. The highest BCUT2D eigenvalue weighted by Gasteiger charge is 2.44. The predicted octanol–water partition coefficient (Wildman–Crippen LogP) is 3.80. The Hall–Kier alpha value is -2.56. The number of benzene rings is 2. The Balaban J connectivity index is 1.59. The van der Waals surface area contributed by atoms with Crippen LogP contribution in [0.2, 0.25) is 0 Å². The molecule has 2 heterocycles. The normalized spacial score (nSPS) is 18.8. The average Bonchev–Trinajstić information content (AvgIpc) is 2.62. The van der Waals surface area contributed by atoms with E-state index in [4.69, 9.17) is 9.47 Å². The zero-order chi connectivity index (χ0) is 17.4. The summed E-state index contributed by atoms with van der Waals surface area (Å²) >= 11 is 0. The second-order valence-corrected chi connectivity index (χ2v) is 6.73. The number of rotatable bonds is 1. The summed E-state index contributed by atoms with van der Waals surface area (Å²) in [6.07, 6.45) is 1.36. The molecule has 4 rings (SSSR count). The van der Waals surface area contributed by atoms with E-state index in [0.29, 0.717) is 50.3 Å². The van der Waals surface area contributed by atoms with Gasteiger partial charge in [0.1, 0.15) is 11.4 Å². The van der Waals surface area contributed by atoms with Crippen LogP contribution in [-0.2, 0) is 4.74 Å². The molecule has 5 heteroatoms. The van der Waals surface area contributed by atoms with Gasteiger partial charge in [-0.25, -0.2) is 4.79 Å². The zero-order valence-electron chi connectivity index (χ0n) is 14.3.